The highest BCUT2D eigenvalue weighted by Crippen LogP contribution is 2.34. The van der Waals surface area contributed by atoms with E-state index in [0.29, 0.717) is 6.54 Å². The first-order valence-electron chi connectivity index (χ1n) is 8.73. The fraction of sp³-hybridized carbons (Fsp3) is 0.556. The summed E-state index contributed by atoms with van der Waals surface area (Å²) >= 11 is 1.74. The SMILES string of the molecule is Cn1cnc2c1[C@H](C(=O)NCCc1cccs1)CN(CC1CC1)C2. The minimum atomic E-state index is -0.108. The maximum atomic E-state index is 12.8. The largest absolute Gasteiger partial charge is 0.355 e. The van der Waals surface area contributed by atoms with E-state index >= 15 is 0 Å². The van der Waals surface area contributed by atoms with Crippen LogP contribution in [0.3, 0.4) is 0 Å². The minimum absolute atomic E-state index is 0.108. The third-order valence-electron chi connectivity index (χ3n) is 4.99. The molecule has 0 spiro atoms. The van der Waals surface area contributed by atoms with Gasteiger partial charge in [0, 0.05) is 38.1 Å². The van der Waals surface area contributed by atoms with Crippen LogP contribution in [-0.4, -0.2) is 40.0 Å². The molecule has 6 heteroatoms. The predicted molar refractivity (Wildman–Crippen MR) is 95.0 cm³/mol. The molecular formula is C18H24N4OS. The van der Waals surface area contributed by atoms with Crippen LogP contribution in [0.15, 0.2) is 23.8 Å². The number of fused-ring (bicyclic) bond motifs is 1. The normalized spacial score (nSPS) is 20.8. The number of rotatable bonds is 6. The lowest BCUT2D eigenvalue weighted by Gasteiger charge is -2.32. The van der Waals surface area contributed by atoms with E-state index < -0.39 is 0 Å². The molecule has 128 valence electrons. The number of hydrogen-bond acceptors (Lipinski definition) is 4. The molecule has 2 aromatic rings. The smallest absolute Gasteiger partial charge is 0.230 e. The third-order valence-corrected chi connectivity index (χ3v) is 5.92. The topological polar surface area (TPSA) is 50.2 Å². The summed E-state index contributed by atoms with van der Waals surface area (Å²) in [5, 5.41) is 5.22. The average molecular weight is 344 g/mol. The van der Waals surface area contributed by atoms with E-state index in [2.05, 4.69) is 32.7 Å². The molecule has 1 amide bonds. The van der Waals surface area contributed by atoms with E-state index in [1.54, 1.807) is 11.3 Å². The Kier molecular flexibility index (Phi) is 4.41. The quantitative estimate of drug-likeness (QED) is 0.874. The molecule has 3 heterocycles. The van der Waals surface area contributed by atoms with Gasteiger partial charge in [0.25, 0.3) is 0 Å². The van der Waals surface area contributed by atoms with Gasteiger partial charge in [0.2, 0.25) is 5.91 Å². The third kappa shape index (κ3) is 3.39. The molecule has 4 rings (SSSR count). The van der Waals surface area contributed by atoms with E-state index in [0.717, 1.165) is 43.4 Å². The van der Waals surface area contributed by atoms with Gasteiger partial charge in [-0.15, -0.1) is 11.3 Å². The van der Waals surface area contributed by atoms with Crippen LogP contribution in [0.5, 0.6) is 0 Å². The van der Waals surface area contributed by atoms with Gasteiger partial charge in [-0.25, -0.2) is 4.98 Å². The first kappa shape index (κ1) is 15.8. The zero-order valence-electron chi connectivity index (χ0n) is 14.1. The van der Waals surface area contributed by atoms with Gasteiger partial charge >= 0.3 is 0 Å². The maximum absolute atomic E-state index is 12.8. The first-order valence-corrected chi connectivity index (χ1v) is 9.61. The highest BCUT2D eigenvalue weighted by Gasteiger charge is 2.35. The van der Waals surface area contributed by atoms with Crippen LogP contribution in [0.4, 0.5) is 0 Å². The molecule has 1 fully saturated rings. The predicted octanol–water partition coefficient (Wildman–Crippen LogP) is 2.15. The average Bonchev–Trinajstić information content (AvgIpc) is 3.08. The van der Waals surface area contributed by atoms with Crippen molar-refractivity contribution in [3.63, 3.8) is 0 Å². The van der Waals surface area contributed by atoms with Gasteiger partial charge in [-0.2, -0.15) is 0 Å². The summed E-state index contributed by atoms with van der Waals surface area (Å²) in [7, 11) is 1.99. The molecule has 24 heavy (non-hydrogen) atoms. The van der Waals surface area contributed by atoms with Crippen molar-refractivity contribution in [1.29, 1.82) is 0 Å². The summed E-state index contributed by atoms with van der Waals surface area (Å²) in [5.41, 5.74) is 2.17. The summed E-state index contributed by atoms with van der Waals surface area (Å²) in [6.45, 7) is 3.50. The zero-order chi connectivity index (χ0) is 16.5. The van der Waals surface area contributed by atoms with Crippen molar-refractivity contribution < 1.29 is 4.79 Å². The van der Waals surface area contributed by atoms with Gasteiger partial charge in [-0.1, -0.05) is 6.07 Å². The lowest BCUT2D eigenvalue weighted by molar-refractivity contribution is -0.123. The van der Waals surface area contributed by atoms with Crippen LogP contribution in [0, 0.1) is 5.92 Å². The number of nitrogens with one attached hydrogen (secondary N) is 1. The Labute approximate surface area is 146 Å². The first-order chi connectivity index (χ1) is 11.7. The summed E-state index contributed by atoms with van der Waals surface area (Å²) in [6, 6.07) is 4.18. The molecule has 2 aliphatic rings. The van der Waals surface area contributed by atoms with Gasteiger partial charge in [-0.05, 0) is 36.6 Å². The standard InChI is InChI=1S/C18H24N4OS/c1-21-12-20-16-11-22(9-13-4-5-13)10-15(17(16)21)18(23)19-7-6-14-3-2-8-24-14/h2-3,8,12-13,15H,4-7,9-11H2,1H3,(H,19,23)/t15-/m1/s1. The molecule has 0 bridgehead atoms. The van der Waals surface area contributed by atoms with Crippen LogP contribution in [0.2, 0.25) is 0 Å². The Morgan fingerprint density at radius 1 is 1.46 bits per heavy atom. The van der Waals surface area contributed by atoms with Crippen molar-refractivity contribution in [1.82, 2.24) is 19.8 Å². The number of aryl methyl sites for hydroxylation is 1. The number of hydrogen-bond donors (Lipinski definition) is 1. The molecule has 0 radical (unpaired) electrons. The van der Waals surface area contributed by atoms with Crippen LogP contribution in [0.1, 0.15) is 35.0 Å². The number of amides is 1. The monoisotopic (exact) mass is 344 g/mol. The van der Waals surface area contributed by atoms with Crippen molar-refractivity contribution in [2.24, 2.45) is 13.0 Å². The van der Waals surface area contributed by atoms with Crippen molar-refractivity contribution in [3.8, 4) is 0 Å². The molecule has 0 aromatic carbocycles. The summed E-state index contributed by atoms with van der Waals surface area (Å²) < 4.78 is 2.02. The number of nitrogens with zero attached hydrogens (tertiary/aromatic N) is 3. The highest BCUT2D eigenvalue weighted by molar-refractivity contribution is 7.09. The zero-order valence-corrected chi connectivity index (χ0v) is 14.9. The molecule has 1 aliphatic heterocycles. The molecule has 2 aromatic heterocycles. The van der Waals surface area contributed by atoms with E-state index in [4.69, 9.17) is 0 Å². The highest BCUT2D eigenvalue weighted by atomic mass is 32.1. The Balaban J connectivity index is 1.42. The lowest BCUT2D eigenvalue weighted by Crippen LogP contribution is -2.43. The van der Waals surface area contributed by atoms with Crippen molar-refractivity contribution in [2.75, 3.05) is 19.6 Å². The van der Waals surface area contributed by atoms with Crippen LogP contribution in [-0.2, 0) is 24.8 Å². The van der Waals surface area contributed by atoms with Gasteiger partial charge < -0.3 is 9.88 Å². The number of imidazole rings is 1. The van der Waals surface area contributed by atoms with Crippen molar-refractivity contribution >= 4 is 17.2 Å². The second-order valence-corrected chi connectivity index (χ2v) is 8.03. The number of carbonyl (C=O) groups is 1. The van der Waals surface area contributed by atoms with Crippen LogP contribution < -0.4 is 5.32 Å². The van der Waals surface area contributed by atoms with E-state index in [1.165, 1.54) is 17.7 Å². The number of carbonyl (C=O) groups excluding carboxylic acids is 1. The molecule has 0 saturated heterocycles. The Hall–Kier alpha value is -1.66. The Bertz CT molecular complexity index is 705. The van der Waals surface area contributed by atoms with Crippen molar-refractivity contribution in [3.05, 3.63) is 40.1 Å². The molecule has 5 nitrogen and oxygen atoms in total. The van der Waals surface area contributed by atoms with Crippen molar-refractivity contribution in [2.45, 2.75) is 31.7 Å². The molecule has 1 N–H and O–H groups in total. The van der Waals surface area contributed by atoms with E-state index in [9.17, 15) is 4.79 Å². The molecule has 1 saturated carbocycles. The van der Waals surface area contributed by atoms with Crippen LogP contribution in [0.25, 0.3) is 0 Å². The van der Waals surface area contributed by atoms with Gasteiger partial charge in [0.15, 0.2) is 0 Å². The van der Waals surface area contributed by atoms with Gasteiger partial charge in [0.05, 0.1) is 23.6 Å². The van der Waals surface area contributed by atoms with E-state index in [-0.39, 0.29) is 11.8 Å². The molecular weight excluding hydrogens is 320 g/mol. The lowest BCUT2D eigenvalue weighted by atomic mass is 9.96. The second-order valence-electron chi connectivity index (χ2n) is 7.00. The van der Waals surface area contributed by atoms with Gasteiger partial charge in [0.1, 0.15) is 0 Å². The summed E-state index contributed by atoms with van der Waals surface area (Å²) in [5.74, 6) is 0.859. The molecule has 1 aliphatic carbocycles. The minimum Gasteiger partial charge on any atom is -0.355 e. The maximum Gasteiger partial charge on any atom is 0.230 e. The number of aromatic nitrogens is 2. The molecule has 1 atom stereocenters. The summed E-state index contributed by atoms with van der Waals surface area (Å²) in [4.78, 5) is 21.1. The van der Waals surface area contributed by atoms with Crippen LogP contribution >= 0.6 is 11.3 Å². The van der Waals surface area contributed by atoms with E-state index in [1.807, 2.05) is 17.9 Å². The van der Waals surface area contributed by atoms with Gasteiger partial charge in [-0.3, -0.25) is 9.69 Å². The second kappa shape index (κ2) is 6.69. The fourth-order valence-electron chi connectivity index (χ4n) is 3.58. The Morgan fingerprint density at radius 2 is 2.33 bits per heavy atom. The molecule has 0 unspecified atom stereocenters. The summed E-state index contributed by atoms with van der Waals surface area (Å²) in [6.07, 6.45) is 5.42. The fourth-order valence-corrected chi connectivity index (χ4v) is 4.29. The Morgan fingerprint density at radius 3 is 3.08 bits per heavy atom. The number of thiophene rings is 1.